The van der Waals surface area contributed by atoms with Crippen LogP contribution in [0, 0.1) is 22.5 Å². The van der Waals surface area contributed by atoms with E-state index in [1.165, 1.54) is 6.07 Å². The van der Waals surface area contributed by atoms with Gasteiger partial charge in [-0.25, -0.2) is 0 Å². The van der Waals surface area contributed by atoms with Crippen molar-refractivity contribution in [3.8, 4) is 12.3 Å². The van der Waals surface area contributed by atoms with Gasteiger partial charge in [-0.2, -0.15) is 0 Å². The number of rotatable bonds is 5. The molecular formula is C15H17N3O3. The zero-order chi connectivity index (χ0) is 15.4. The summed E-state index contributed by atoms with van der Waals surface area (Å²) < 4.78 is 0. The van der Waals surface area contributed by atoms with Crippen LogP contribution in [0.3, 0.4) is 0 Å². The summed E-state index contributed by atoms with van der Waals surface area (Å²) in [5, 5.41) is 17.0. The van der Waals surface area contributed by atoms with Crippen LogP contribution in [0.15, 0.2) is 12.1 Å². The number of anilines is 2. The Hall–Kier alpha value is -2.55. The van der Waals surface area contributed by atoms with Crippen molar-refractivity contribution < 1.29 is 9.72 Å². The molecule has 0 aliphatic carbocycles. The Labute approximate surface area is 123 Å². The molecule has 1 amide bonds. The molecule has 1 aromatic carbocycles. The van der Waals surface area contributed by atoms with Gasteiger partial charge in [0.05, 0.1) is 10.6 Å². The largest absolute Gasteiger partial charge is 0.376 e. The maximum Gasteiger partial charge on any atom is 0.294 e. The molecule has 6 nitrogen and oxygen atoms in total. The number of hydrogen-bond donors (Lipinski definition) is 2. The van der Waals surface area contributed by atoms with E-state index in [1.54, 1.807) is 6.07 Å². The summed E-state index contributed by atoms with van der Waals surface area (Å²) in [5.41, 5.74) is 1.83. The Morgan fingerprint density at radius 1 is 1.52 bits per heavy atom. The lowest BCUT2D eigenvalue weighted by Crippen LogP contribution is -2.21. The number of amides is 1. The second kappa shape index (κ2) is 6.27. The van der Waals surface area contributed by atoms with E-state index < -0.39 is 4.92 Å². The van der Waals surface area contributed by atoms with Crippen molar-refractivity contribution in [2.75, 3.05) is 10.6 Å². The lowest BCUT2D eigenvalue weighted by atomic mass is 10.0. The molecule has 0 radical (unpaired) electrons. The highest BCUT2D eigenvalue weighted by atomic mass is 16.6. The van der Waals surface area contributed by atoms with E-state index in [2.05, 4.69) is 16.6 Å². The molecule has 0 saturated heterocycles. The summed E-state index contributed by atoms with van der Waals surface area (Å²) in [5.74, 6) is 2.45. The maximum atomic E-state index is 11.4. The predicted molar refractivity (Wildman–Crippen MR) is 81.2 cm³/mol. The van der Waals surface area contributed by atoms with Crippen molar-refractivity contribution in [1.82, 2.24) is 0 Å². The van der Waals surface area contributed by atoms with Crippen LogP contribution in [0.5, 0.6) is 0 Å². The molecule has 1 unspecified atom stereocenters. The fourth-order valence-corrected chi connectivity index (χ4v) is 2.34. The van der Waals surface area contributed by atoms with Gasteiger partial charge in [0.1, 0.15) is 5.69 Å². The van der Waals surface area contributed by atoms with Crippen molar-refractivity contribution in [3.05, 3.63) is 27.8 Å². The molecule has 6 heteroatoms. The summed E-state index contributed by atoms with van der Waals surface area (Å²) in [6.45, 7) is 1.97. The minimum absolute atomic E-state index is 0.00932. The Kier molecular flexibility index (Phi) is 4.43. The summed E-state index contributed by atoms with van der Waals surface area (Å²) in [7, 11) is 0. The highest BCUT2D eigenvalue weighted by molar-refractivity contribution is 5.95. The zero-order valence-corrected chi connectivity index (χ0v) is 11.8. The molecule has 0 spiro atoms. The minimum Gasteiger partial charge on any atom is -0.376 e. The van der Waals surface area contributed by atoms with Crippen LogP contribution in [-0.4, -0.2) is 16.9 Å². The third kappa shape index (κ3) is 3.31. The molecule has 21 heavy (non-hydrogen) atoms. The molecule has 110 valence electrons. The van der Waals surface area contributed by atoms with Crippen LogP contribution in [0.1, 0.15) is 31.7 Å². The van der Waals surface area contributed by atoms with E-state index in [-0.39, 0.29) is 17.6 Å². The average molecular weight is 287 g/mol. The second-order valence-corrected chi connectivity index (χ2v) is 4.99. The second-order valence-electron chi connectivity index (χ2n) is 4.99. The summed E-state index contributed by atoms with van der Waals surface area (Å²) in [4.78, 5) is 22.2. The van der Waals surface area contributed by atoms with Gasteiger partial charge in [0, 0.05) is 24.9 Å². The minimum atomic E-state index is -0.452. The third-order valence-corrected chi connectivity index (χ3v) is 3.53. The molecule has 0 saturated carbocycles. The number of carbonyl (C=O) groups excluding carboxylic acids is 1. The lowest BCUT2D eigenvalue weighted by Gasteiger charge is -2.20. The number of nitrogens with one attached hydrogen (secondary N) is 2. The van der Waals surface area contributed by atoms with Crippen LogP contribution in [0.4, 0.5) is 17.1 Å². The first-order valence-corrected chi connectivity index (χ1v) is 6.86. The average Bonchev–Trinajstić information content (AvgIpc) is 2.46. The van der Waals surface area contributed by atoms with E-state index in [4.69, 9.17) is 6.42 Å². The predicted octanol–water partition coefficient (Wildman–Crippen LogP) is 2.69. The van der Waals surface area contributed by atoms with Gasteiger partial charge >= 0.3 is 0 Å². The molecule has 1 heterocycles. The van der Waals surface area contributed by atoms with E-state index >= 15 is 0 Å². The van der Waals surface area contributed by atoms with Crippen LogP contribution < -0.4 is 10.6 Å². The summed E-state index contributed by atoms with van der Waals surface area (Å²) in [6.07, 6.45) is 7.56. The summed E-state index contributed by atoms with van der Waals surface area (Å²) in [6, 6.07) is 3.15. The molecule has 1 aliphatic rings. The normalized spacial score (nSPS) is 14.6. The number of terminal acetylenes is 1. The maximum absolute atomic E-state index is 11.4. The SMILES string of the molecule is C#CCC(CC)Nc1cc2c(cc1[N+](=O)[O-])NC(=O)CC2. The molecule has 1 aromatic rings. The van der Waals surface area contributed by atoms with Gasteiger partial charge < -0.3 is 10.6 Å². The van der Waals surface area contributed by atoms with E-state index in [0.29, 0.717) is 30.6 Å². The first-order valence-electron chi connectivity index (χ1n) is 6.86. The Morgan fingerprint density at radius 2 is 2.29 bits per heavy atom. The van der Waals surface area contributed by atoms with Crippen LogP contribution in [0.2, 0.25) is 0 Å². The van der Waals surface area contributed by atoms with Crippen molar-refractivity contribution in [1.29, 1.82) is 0 Å². The van der Waals surface area contributed by atoms with Gasteiger partial charge in [-0.1, -0.05) is 6.92 Å². The molecule has 0 bridgehead atoms. The van der Waals surface area contributed by atoms with E-state index in [1.807, 2.05) is 6.92 Å². The number of hydrogen-bond acceptors (Lipinski definition) is 4. The van der Waals surface area contributed by atoms with Gasteiger partial charge in [0.15, 0.2) is 0 Å². The number of fused-ring (bicyclic) bond motifs is 1. The zero-order valence-electron chi connectivity index (χ0n) is 11.8. The molecule has 2 rings (SSSR count). The Balaban J connectivity index is 2.38. The third-order valence-electron chi connectivity index (χ3n) is 3.53. The van der Waals surface area contributed by atoms with Crippen LogP contribution >= 0.6 is 0 Å². The molecule has 2 N–H and O–H groups in total. The smallest absolute Gasteiger partial charge is 0.294 e. The van der Waals surface area contributed by atoms with Crippen LogP contribution in [0.25, 0.3) is 0 Å². The van der Waals surface area contributed by atoms with Crippen molar-refractivity contribution in [2.24, 2.45) is 0 Å². The quantitative estimate of drug-likeness (QED) is 0.495. The fourth-order valence-electron chi connectivity index (χ4n) is 2.34. The number of nitrogens with zero attached hydrogens (tertiary/aromatic N) is 1. The van der Waals surface area contributed by atoms with Gasteiger partial charge in [0.2, 0.25) is 5.91 Å². The van der Waals surface area contributed by atoms with Gasteiger partial charge in [-0.05, 0) is 24.5 Å². The molecule has 1 atom stereocenters. The monoisotopic (exact) mass is 287 g/mol. The highest BCUT2D eigenvalue weighted by Crippen LogP contribution is 2.34. The Morgan fingerprint density at radius 3 is 2.90 bits per heavy atom. The van der Waals surface area contributed by atoms with Gasteiger partial charge in [-0.15, -0.1) is 12.3 Å². The topological polar surface area (TPSA) is 84.3 Å². The lowest BCUT2D eigenvalue weighted by molar-refractivity contribution is -0.383. The molecule has 0 fully saturated rings. The number of nitro benzene ring substituents is 1. The van der Waals surface area contributed by atoms with Gasteiger partial charge in [-0.3, -0.25) is 14.9 Å². The van der Waals surface area contributed by atoms with Crippen molar-refractivity contribution >= 4 is 23.0 Å². The highest BCUT2D eigenvalue weighted by Gasteiger charge is 2.23. The first kappa shape index (κ1) is 14.9. The first-order chi connectivity index (χ1) is 10.0. The fraction of sp³-hybridized carbons (Fsp3) is 0.400. The van der Waals surface area contributed by atoms with E-state index in [0.717, 1.165) is 12.0 Å². The molecule has 1 aliphatic heterocycles. The number of benzene rings is 1. The molecular weight excluding hydrogens is 270 g/mol. The standard InChI is InChI=1S/C15H17N3O3/c1-3-5-11(4-2)16-13-8-10-6-7-15(19)17-12(10)9-14(13)18(20)21/h1,8-9,11,16H,4-7H2,2H3,(H,17,19). The van der Waals surface area contributed by atoms with Gasteiger partial charge in [0.25, 0.3) is 5.69 Å². The van der Waals surface area contributed by atoms with Crippen LogP contribution in [-0.2, 0) is 11.2 Å². The summed E-state index contributed by atoms with van der Waals surface area (Å²) >= 11 is 0. The van der Waals surface area contributed by atoms with Crippen molar-refractivity contribution in [3.63, 3.8) is 0 Å². The van der Waals surface area contributed by atoms with E-state index in [9.17, 15) is 14.9 Å². The Bertz CT molecular complexity index is 619. The number of nitro groups is 1. The molecule has 0 aromatic heterocycles. The number of aryl methyl sites for hydroxylation is 1. The van der Waals surface area contributed by atoms with Crippen molar-refractivity contribution in [2.45, 2.75) is 38.6 Å². The number of carbonyl (C=O) groups is 1.